The van der Waals surface area contributed by atoms with E-state index in [0.717, 1.165) is 11.3 Å². The van der Waals surface area contributed by atoms with Gasteiger partial charge in [-0.1, -0.05) is 30.3 Å². The van der Waals surface area contributed by atoms with Gasteiger partial charge < -0.3 is 11.5 Å². The summed E-state index contributed by atoms with van der Waals surface area (Å²) in [5.74, 6) is 0. The number of nitrogens with one attached hydrogen (secondary N) is 1. The summed E-state index contributed by atoms with van der Waals surface area (Å²) in [5, 5.41) is 4.26. The minimum Gasteiger partial charge on any atom is -0.375 e. The van der Waals surface area contributed by atoms with Gasteiger partial charge in [0.2, 0.25) is 0 Å². The molecule has 5 N–H and O–H groups in total. The monoisotopic (exact) mass is 222 g/mol. The van der Waals surface area contributed by atoms with Crippen LogP contribution in [-0.2, 0) is 0 Å². The summed E-state index contributed by atoms with van der Waals surface area (Å²) in [6.07, 6.45) is 0.680. The zero-order valence-corrected chi connectivity index (χ0v) is 9.13. The van der Waals surface area contributed by atoms with Crippen molar-refractivity contribution in [1.29, 1.82) is 0 Å². The first kappa shape index (κ1) is 11.6. The van der Waals surface area contributed by atoms with Crippen molar-refractivity contribution in [3.63, 3.8) is 0 Å². The van der Waals surface area contributed by atoms with Crippen molar-refractivity contribution in [3.05, 3.63) is 35.9 Å². The van der Waals surface area contributed by atoms with Gasteiger partial charge in [0.05, 0.1) is 5.71 Å². The Bertz CT molecular complexity index is 348. The van der Waals surface area contributed by atoms with Crippen LogP contribution in [0.2, 0.25) is 0 Å². The number of hydrazone groups is 1. The third kappa shape index (κ3) is 4.05. The van der Waals surface area contributed by atoms with Crippen LogP contribution < -0.4 is 16.9 Å². The maximum atomic E-state index is 5.50. The Kier molecular flexibility index (Phi) is 4.73. The summed E-state index contributed by atoms with van der Waals surface area (Å²) in [7, 11) is 0. The summed E-state index contributed by atoms with van der Waals surface area (Å²) in [6, 6.07) is 9.78. The van der Waals surface area contributed by atoms with E-state index in [-0.39, 0.29) is 5.11 Å². The lowest BCUT2D eigenvalue weighted by Crippen LogP contribution is -2.26. The quantitative estimate of drug-likeness (QED) is 0.395. The molecule has 0 atom stereocenters. The first-order valence-corrected chi connectivity index (χ1v) is 5.02. The highest BCUT2D eigenvalue weighted by Crippen LogP contribution is 2.03. The molecule has 80 valence electrons. The van der Waals surface area contributed by atoms with E-state index in [2.05, 4.69) is 22.7 Å². The molecule has 5 heteroatoms. The number of nitrogens with zero attached hydrogens (tertiary/aromatic N) is 1. The fraction of sp³-hybridized carbons (Fsp3) is 0.200. The van der Waals surface area contributed by atoms with Crippen molar-refractivity contribution in [1.82, 2.24) is 5.43 Å². The highest BCUT2D eigenvalue weighted by Gasteiger charge is 2.01. The Balaban J connectivity index is 2.83. The molecule has 0 spiro atoms. The van der Waals surface area contributed by atoms with Gasteiger partial charge in [0.1, 0.15) is 0 Å². The minimum atomic E-state index is 0.153. The van der Waals surface area contributed by atoms with Crippen molar-refractivity contribution in [2.24, 2.45) is 16.6 Å². The molecule has 0 aromatic heterocycles. The van der Waals surface area contributed by atoms with Crippen LogP contribution in [0.5, 0.6) is 0 Å². The maximum absolute atomic E-state index is 5.50. The third-order valence-electron chi connectivity index (χ3n) is 1.79. The van der Waals surface area contributed by atoms with E-state index in [4.69, 9.17) is 11.5 Å². The van der Waals surface area contributed by atoms with Gasteiger partial charge in [-0.3, -0.25) is 5.43 Å². The number of thiocarbonyl (C=S) groups is 1. The number of benzene rings is 1. The van der Waals surface area contributed by atoms with Gasteiger partial charge in [0.15, 0.2) is 5.11 Å². The number of rotatable bonds is 4. The molecule has 1 rings (SSSR count). The topological polar surface area (TPSA) is 76.4 Å². The highest BCUT2D eigenvalue weighted by molar-refractivity contribution is 7.80. The lowest BCUT2D eigenvalue weighted by atomic mass is 10.1. The van der Waals surface area contributed by atoms with E-state index in [9.17, 15) is 0 Å². The molecule has 0 amide bonds. The SMILES string of the molecule is NCCC(=NNC(N)=S)c1ccccc1. The van der Waals surface area contributed by atoms with Gasteiger partial charge in [-0.15, -0.1) is 0 Å². The normalized spacial score (nSPS) is 11.1. The molecule has 0 heterocycles. The summed E-state index contributed by atoms with van der Waals surface area (Å²) in [6.45, 7) is 0.534. The average Bonchev–Trinajstić information content (AvgIpc) is 2.25. The molecule has 1 aromatic rings. The molecule has 0 unspecified atom stereocenters. The van der Waals surface area contributed by atoms with Crippen LogP contribution >= 0.6 is 12.2 Å². The van der Waals surface area contributed by atoms with Crippen molar-refractivity contribution in [3.8, 4) is 0 Å². The smallest absolute Gasteiger partial charge is 0.184 e. The van der Waals surface area contributed by atoms with Gasteiger partial charge >= 0.3 is 0 Å². The molecule has 0 aliphatic heterocycles. The van der Waals surface area contributed by atoms with Crippen LogP contribution in [0.4, 0.5) is 0 Å². The molecule has 0 radical (unpaired) electrons. The molecule has 0 aliphatic rings. The molecular weight excluding hydrogens is 208 g/mol. The van der Waals surface area contributed by atoms with E-state index >= 15 is 0 Å². The minimum absolute atomic E-state index is 0.153. The summed E-state index contributed by atoms with van der Waals surface area (Å²) in [5.41, 5.74) is 15.2. The Morgan fingerprint density at radius 1 is 1.33 bits per heavy atom. The second-order valence-electron chi connectivity index (χ2n) is 2.94. The molecule has 15 heavy (non-hydrogen) atoms. The summed E-state index contributed by atoms with van der Waals surface area (Å²) in [4.78, 5) is 0. The fourth-order valence-electron chi connectivity index (χ4n) is 1.15. The van der Waals surface area contributed by atoms with Gasteiger partial charge in [-0.25, -0.2) is 0 Å². The fourth-order valence-corrected chi connectivity index (χ4v) is 1.20. The van der Waals surface area contributed by atoms with Crippen LogP contribution in [0.15, 0.2) is 35.4 Å². The van der Waals surface area contributed by atoms with Gasteiger partial charge in [-0.2, -0.15) is 5.10 Å². The molecule has 0 fully saturated rings. The Hall–Kier alpha value is -1.46. The van der Waals surface area contributed by atoms with Crippen molar-refractivity contribution in [2.45, 2.75) is 6.42 Å². The van der Waals surface area contributed by atoms with Gasteiger partial charge in [0.25, 0.3) is 0 Å². The Morgan fingerprint density at radius 2 is 2.00 bits per heavy atom. The van der Waals surface area contributed by atoms with Crippen LogP contribution in [0, 0.1) is 0 Å². The van der Waals surface area contributed by atoms with Crippen LogP contribution in [0.3, 0.4) is 0 Å². The zero-order chi connectivity index (χ0) is 11.1. The highest BCUT2D eigenvalue weighted by atomic mass is 32.1. The number of nitrogens with two attached hydrogens (primary N) is 2. The lowest BCUT2D eigenvalue weighted by molar-refractivity contribution is 0.978. The first-order chi connectivity index (χ1) is 7.24. The second kappa shape index (κ2) is 6.10. The molecule has 0 saturated heterocycles. The van der Waals surface area contributed by atoms with Crippen molar-refractivity contribution >= 4 is 23.0 Å². The van der Waals surface area contributed by atoms with Crippen LogP contribution in [0.25, 0.3) is 0 Å². The predicted octanol–water partition coefficient (Wildman–Crippen LogP) is 0.573. The number of hydrogen-bond donors (Lipinski definition) is 3. The van der Waals surface area contributed by atoms with Gasteiger partial charge in [0, 0.05) is 6.42 Å². The van der Waals surface area contributed by atoms with E-state index in [1.807, 2.05) is 30.3 Å². The van der Waals surface area contributed by atoms with Crippen LogP contribution in [0.1, 0.15) is 12.0 Å². The lowest BCUT2D eigenvalue weighted by Gasteiger charge is -2.05. The largest absolute Gasteiger partial charge is 0.375 e. The molecule has 0 aliphatic carbocycles. The standard InChI is InChI=1S/C10H14N4S/c11-7-6-9(13-14-10(12)15)8-4-2-1-3-5-8/h1-5H,6-7,11H2,(H3,12,14,15). The van der Waals surface area contributed by atoms with Gasteiger partial charge in [-0.05, 0) is 24.3 Å². The molecule has 0 bridgehead atoms. The third-order valence-corrected chi connectivity index (χ3v) is 1.88. The molecule has 1 aromatic carbocycles. The second-order valence-corrected chi connectivity index (χ2v) is 3.38. The van der Waals surface area contributed by atoms with E-state index in [1.54, 1.807) is 0 Å². The van der Waals surface area contributed by atoms with Crippen LogP contribution in [-0.4, -0.2) is 17.4 Å². The van der Waals surface area contributed by atoms with Crippen molar-refractivity contribution in [2.75, 3.05) is 6.54 Å². The summed E-state index contributed by atoms with van der Waals surface area (Å²) >= 11 is 4.68. The maximum Gasteiger partial charge on any atom is 0.184 e. The molecule has 4 nitrogen and oxygen atoms in total. The van der Waals surface area contributed by atoms with E-state index in [1.165, 1.54) is 0 Å². The average molecular weight is 222 g/mol. The first-order valence-electron chi connectivity index (χ1n) is 4.61. The number of hydrogen-bond acceptors (Lipinski definition) is 3. The molecular formula is C10H14N4S. The summed E-state index contributed by atoms with van der Waals surface area (Å²) < 4.78 is 0. The van der Waals surface area contributed by atoms with E-state index < -0.39 is 0 Å². The van der Waals surface area contributed by atoms with Crippen molar-refractivity contribution < 1.29 is 0 Å². The zero-order valence-electron chi connectivity index (χ0n) is 8.31. The van der Waals surface area contributed by atoms with E-state index in [0.29, 0.717) is 13.0 Å². The Labute approximate surface area is 94.3 Å². The Morgan fingerprint density at radius 3 is 2.53 bits per heavy atom. The molecule has 0 saturated carbocycles. The predicted molar refractivity (Wildman–Crippen MR) is 66.6 cm³/mol.